The van der Waals surface area contributed by atoms with Crippen molar-refractivity contribution in [2.75, 3.05) is 30.1 Å². The number of aliphatic imine (C=N–C) groups is 2. The minimum Gasteiger partial charge on any atom is -0.369 e. The molecule has 1 aliphatic rings. The van der Waals surface area contributed by atoms with Gasteiger partial charge in [0, 0.05) is 37.6 Å². The lowest BCUT2D eigenvalue weighted by atomic mass is 10.1. The second-order valence-corrected chi connectivity index (χ2v) is 10.6. The highest BCUT2D eigenvalue weighted by Gasteiger charge is 2.33. The monoisotopic (exact) mass is 546 g/mol. The molecule has 38 heavy (non-hydrogen) atoms. The molecule has 0 saturated carbocycles. The molecule has 0 spiro atoms. The first kappa shape index (κ1) is 30.1. The Hall–Kier alpha value is -4.17. The van der Waals surface area contributed by atoms with E-state index in [0.29, 0.717) is 11.3 Å². The van der Waals surface area contributed by atoms with Crippen LogP contribution in [0, 0.1) is 0 Å². The smallest absolute Gasteiger partial charge is 0.319 e. The van der Waals surface area contributed by atoms with Crippen LogP contribution in [0.1, 0.15) is 36.7 Å². The van der Waals surface area contributed by atoms with E-state index in [1.165, 1.54) is 11.8 Å². The van der Waals surface area contributed by atoms with Gasteiger partial charge in [-0.2, -0.15) is 13.4 Å². The largest absolute Gasteiger partial charge is 0.369 e. The van der Waals surface area contributed by atoms with Crippen molar-refractivity contribution in [3.05, 3.63) is 59.7 Å². The number of nitrogens with two attached hydrogens (primary N) is 2. The fraction of sp³-hybridized carbons (Fsp3) is 0.333. The molecule has 3 amide bonds. The fourth-order valence-electron chi connectivity index (χ4n) is 3.40. The highest BCUT2D eigenvalue weighted by Crippen LogP contribution is 2.28. The second kappa shape index (κ2) is 12.4. The van der Waals surface area contributed by atoms with Gasteiger partial charge in [0.15, 0.2) is 0 Å². The van der Waals surface area contributed by atoms with Gasteiger partial charge >= 0.3 is 6.03 Å². The Kier molecular flexibility index (Phi) is 9.79. The molecule has 3 rings (SSSR count). The van der Waals surface area contributed by atoms with Gasteiger partial charge in [-0.15, -0.1) is 0 Å². The van der Waals surface area contributed by atoms with E-state index in [1.54, 1.807) is 43.3 Å². The number of guanidine groups is 2. The van der Waals surface area contributed by atoms with Crippen LogP contribution in [0.2, 0.25) is 0 Å². The summed E-state index contributed by atoms with van der Waals surface area (Å²) in [4.78, 5) is 36.1. The third kappa shape index (κ3) is 8.74. The Morgan fingerprint density at radius 2 is 1.74 bits per heavy atom. The van der Waals surface area contributed by atoms with E-state index in [4.69, 9.17) is 16.0 Å². The summed E-state index contributed by atoms with van der Waals surface area (Å²) in [6, 6.07) is 13.9. The van der Waals surface area contributed by atoms with E-state index in [2.05, 4.69) is 20.6 Å². The van der Waals surface area contributed by atoms with E-state index >= 15 is 0 Å². The molecule has 0 aliphatic carbocycles. The molecule has 0 bridgehead atoms. The number of benzene rings is 2. The molecule has 0 unspecified atom stereocenters. The number of hydrogen-bond donors (Lipinski definition) is 5. The lowest BCUT2D eigenvalue weighted by Gasteiger charge is -2.38. The van der Waals surface area contributed by atoms with Crippen molar-refractivity contribution >= 4 is 45.4 Å². The van der Waals surface area contributed by atoms with Gasteiger partial charge in [-0.3, -0.25) is 14.2 Å². The van der Waals surface area contributed by atoms with Crippen molar-refractivity contribution in [3.8, 4) is 0 Å². The van der Waals surface area contributed by atoms with Gasteiger partial charge in [0.25, 0.3) is 16.0 Å². The van der Waals surface area contributed by atoms with Gasteiger partial charge in [-0.1, -0.05) is 18.2 Å². The van der Waals surface area contributed by atoms with Gasteiger partial charge in [0.1, 0.15) is 5.66 Å². The van der Waals surface area contributed by atoms with Crippen LogP contribution >= 0.6 is 0 Å². The molecule has 7 N–H and O–H groups in total. The number of carbonyl (C=O) groups is 2. The topological polar surface area (TPSA) is 196 Å². The van der Waals surface area contributed by atoms with Gasteiger partial charge in [-0.25, -0.2) is 9.79 Å². The number of carbonyl (C=O) groups excluding carboxylic acids is 2. The molecule has 206 valence electrons. The van der Waals surface area contributed by atoms with Crippen molar-refractivity contribution in [1.82, 2.24) is 10.2 Å². The summed E-state index contributed by atoms with van der Waals surface area (Å²) in [5.74, 6) is 0.0417. The molecule has 0 radical (unpaired) electrons. The summed E-state index contributed by atoms with van der Waals surface area (Å²) in [5, 5.41) is 5.56. The molecule has 1 aliphatic heterocycles. The first-order valence-corrected chi connectivity index (χ1v) is 13.1. The Labute approximate surface area is 222 Å². The summed E-state index contributed by atoms with van der Waals surface area (Å²) in [7, 11) is -0.311. The number of nitrogens with zero attached hydrogens (tertiary/aromatic N) is 4. The van der Waals surface area contributed by atoms with E-state index < -0.39 is 15.8 Å². The van der Waals surface area contributed by atoms with Gasteiger partial charge in [-0.05, 0) is 56.7 Å². The standard InChI is InChI=1S/C22H28N8O2.C2H6O3S/c1-22(2)28-19(23)27-20(24)30(22)17-10-5-7-14(11-17)13-25-21(32)26-16-9-6-8-15(12-16)18(31)29(3)4;1-2-6(3,4)5/h5-12H,13H2,1-4H3,(H2,25,26,32)(H4,23,24,27,28);2H2,1H3,(H,3,4,5). The molecule has 2 aromatic carbocycles. The number of anilines is 2. The van der Waals surface area contributed by atoms with Crippen LogP contribution in [0.25, 0.3) is 0 Å². The summed E-state index contributed by atoms with van der Waals surface area (Å²) < 4.78 is 26.9. The third-order valence-electron chi connectivity index (χ3n) is 5.15. The Balaban J connectivity index is 0.000000757. The minimum atomic E-state index is -3.66. The minimum absolute atomic E-state index is 0.134. The predicted octanol–water partition coefficient (Wildman–Crippen LogP) is 1.79. The molecule has 14 heteroatoms. The lowest BCUT2D eigenvalue weighted by molar-refractivity contribution is 0.0827. The van der Waals surface area contributed by atoms with Crippen LogP contribution < -0.4 is 27.0 Å². The summed E-state index contributed by atoms with van der Waals surface area (Å²) in [6.07, 6.45) is 0. The van der Waals surface area contributed by atoms with Gasteiger partial charge in [0.05, 0.1) is 5.75 Å². The number of nitrogens with one attached hydrogen (secondary N) is 2. The molecular weight excluding hydrogens is 512 g/mol. The highest BCUT2D eigenvalue weighted by molar-refractivity contribution is 7.85. The van der Waals surface area contributed by atoms with Crippen molar-refractivity contribution in [2.45, 2.75) is 33.0 Å². The van der Waals surface area contributed by atoms with E-state index in [1.807, 2.05) is 38.1 Å². The zero-order valence-corrected chi connectivity index (χ0v) is 22.8. The summed E-state index contributed by atoms with van der Waals surface area (Å²) in [6.45, 7) is 5.42. The van der Waals surface area contributed by atoms with Crippen LogP contribution in [0.5, 0.6) is 0 Å². The summed E-state index contributed by atoms with van der Waals surface area (Å²) >= 11 is 0. The second-order valence-electron chi connectivity index (χ2n) is 8.90. The number of hydrogen-bond acceptors (Lipinski definition) is 9. The van der Waals surface area contributed by atoms with Gasteiger partial charge < -0.3 is 27.0 Å². The average Bonchev–Trinajstić information content (AvgIpc) is 2.81. The molecule has 0 atom stereocenters. The Bertz CT molecular complexity index is 1340. The fourth-order valence-corrected chi connectivity index (χ4v) is 3.40. The molecular formula is C24H34N8O5S. The maximum Gasteiger partial charge on any atom is 0.319 e. The Morgan fingerprint density at radius 3 is 2.32 bits per heavy atom. The van der Waals surface area contributed by atoms with Gasteiger partial charge in [0.2, 0.25) is 11.9 Å². The quantitative estimate of drug-likeness (QED) is 0.338. The van der Waals surface area contributed by atoms with Crippen molar-refractivity contribution < 1.29 is 22.6 Å². The van der Waals surface area contributed by atoms with Crippen LogP contribution in [-0.2, 0) is 16.7 Å². The molecule has 0 fully saturated rings. The zero-order valence-electron chi connectivity index (χ0n) is 22.0. The summed E-state index contributed by atoms with van der Waals surface area (Å²) in [5.41, 5.74) is 13.8. The number of amides is 3. The van der Waals surface area contributed by atoms with Crippen molar-refractivity contribution in [2.24, 2.45) is 21.5 Å². The van der Waals surface area contributed by atoms with E-state index in [-0.39, 0.29) is 36.2 Å². The number of rotatable bonds is 6. The first-order valence-electron chi connectivity index (χ1n) is 11.5. The van der Waals surface area contributed by atoms with Crippen molar-refractivity contribution in [3.63, 3.8) is 0 Å². The zero-order chi connectivity index (χ0) is 28.7. The number of urea groups is 1. The van der Waals surface area contributed by atoms with Crippen LogP contribution in [0.4, 0.5) is 16.2 Å². The maximum atomic E-state index is 12.4. The normalized spacial score (nSPS) is 14.3. The molecule has 0 aromatic heterocycles. The van der Waals surface area contributed by atoms with E-state index in [9.17, 15) is 18.0 Å². The van der Waals surface area contributed by atoms with Crippen LogP contribution in [0.15, 0.2) is 58.5 Å². The van der Waals surface area contributed by atoms with Crippen molar-refractivity contribution in [1.29, 1.82) is 0 Å². The van der Waals surface area contributed by atoms with Crippen LogP contribution in [-0.4, -0.2) is 67.2 Å². The van der Waals surface area contributed by atoms with E-state index in [0.717, 1.165) is 11.3 Å². The molecule has 0 saturated heterocycles. The SMILES string of the molecule is CCS(=O)(=O)O.CN(C)C(=O)c1cccc(NC(=O)NCc2cccc(N3C(N)=NC(N)=NC3(C)C)c2)c1. The Morgan fingerprint density at radius 1 is 1.11 bits per heavy atom. The third-order valence-corrected chi connectivity index (χ3v) is 5.88. The predicted molar refractivity (Wildman–Crippen MR) is 149 cm³/mol. The first-order chi connectivity index (χ1) is 17.6. The van der Waals surface area contributed by atoms with Crippen LogP contribution in [0.3, 0.4) is 0 Å². The molecule has 2 aromatic rings. The molecule has 13 nitrogen and oxygen atoms in total. The maximum absolute atomic E-state index is 12.4. The lowest BCUT2D eigenvalue weighted by Crippen LogP contribution is -2.54. The average molecular weight is 547 g/mol. The molecule has 1 heterocycles. The highest BCUT2D eigenvalue weighted by atomic mass is 32.2.